The van der Waals surface area contributed by atoms with Gasteiger partial charge in [-0.05, 0) is 61.8 Å². The number of amides is 2. The zero-order valence-corrected chi connectivity index (χ0v) is 17.1. The second kappa shape index (κ2) is 8.37. The van der Waals surface area contributed by atoms with Crippen LogP contribution in [0.1, 0.15) is 56.7 Å². The van der Waals surface area contributed by atoms with E-state index in [4.69, 9.17) is 4.74 Å². The Morgan fingerprint density at radius 2 is 1.97 bits per heavy atom. The lowest BCUT2D eigenvalue weighted by atomic mass is 9.90. The normalized spacial score (nSPS) is 17.9. The molecule has 152 valence electrons. The highest BCUT2D eigenvalue weighted by molar-refractivity contribution is 7.14. The fourth-order valence-electron chi connectivity index (χ4n) is 3.48. The summed E-state index contributed by atoms with van der Waals surface area (Å²) < 4.78 is 5.20. The highest BCUT2D eigenvalue weighted by Gasteiger charge is 2.25. The first-order valence-corrected chi connectivity index (χ1v) is 10.8. The number of hydrogen-bond acceptors (Lipinski definition) is 5. The number of nitrogens with one attached hydrogen (secondary N) is 2. The molecule has 2 aromatic rings. The Kier molecular flexibility index (Phi) is 5.67. The van der Waals surface area contributed by atoms with E-state index in [9.17, 15) is 14.4 Å². The van der Waals surface area contributed by atoms with E-state index < -0.39 is 18.5 Å². The fraction of sp³-hybridized carbons (Fsp3) is 0.409. The second-order valence-corrected chi connectivity index (χ2v) is 8.96. The van der Waals surface area contributed by atoms with Crippen molar-refractivity contribution in [2.45, 2.75) is 45.1 Å². The molecule has 1 fully saturated rings. The van der Waals surface area contributed by atoms with E-state index >= 15 is 0 Å². The Morgan fingerprint density at radius 1 is 1.17 bits per heavy atom. The average Bonchev–Trinajstić information content (AvgIpc) is 3.41. The number of rotatable bonds is 6. The van der Waals surface area contributed by atoms with Crippen LogP contribution in [0.4, 0.5) is 5.69 Å². The summed E-state index contributed by atoms with van der Waals surface area (Å²) in [5.41, 5.74) is 2.03. The van der Waals surface area contributed by atoms with Crippen LogP contribution in [0.5, 0.6) is 0 Å². The molecule has 1 atom stereocenters. The number of fused-ring (bicyclic) bond motifs is 1. The number of carbonyl (C=O) groups excluding carboxylic acids is 3. The Balaban J connectivity index is 1.33. The molecule has 2 aliphatic carbocycles. The summed E-state index contributed by atoms with van der Waals surface area (Å²) in [6.45, 7) is 1.82. The molecule has 4 rings (SSSR count). The van der Waals surface area contributed by atoms with Crippen molar-refractivity contribution < 1.29 is 19.1 Å². The van der Waals surface area contributed by atoms with Gasteiger partial charge < -0.3 is 15.4 Å². The quantitative estimate of drug-likeness (QED) is 0.711. The van der Waals surface area contributed by atoms with Gasteiger partial charge in [0.05, 0.1) is 11.3 Å². The molecule has 1 unspecified atom stereocenters. The summed E-state index contributed by atoms with van der Waals surface area (Å²) in [5.74, 6) is -0.533. The minimum absolute atomic E-state index is 0.209. The van der Waals surface area contributed by atoms with Crippen molar-refractivity contribution in [1.29, 1.82) is 0 Å². The lowest BCUT2D eigenvalue weighted by Gasteiger charge is -2.16. The summed E-state index contributed by atoms with van der Waals surface area (Å²) in [6, 6.07) is 8.94. The predicted molar refractivity (Wildman–Crippen MR) is 111 cm³/mol. The smallest absolute Gasteiger partial charge is 0.348 e. The molecule has 1 aromatic heterocycles. The van der Waals surface area contributed by atoms with Crippen LogP contribution in [0.15, 0.2) is 30.3 Å². The van der Waals surface area contributed by atoms with Crippen molar-refractivity contribution in [2.75, 3.05) is 11.9 Å². The summed E-state index contributed by atoms with van der Waals surface area (Å²) >= 11 is 1.46. The first kappa shape index (κ1) is 19.6. The number of esters is 1. The molecular weight excluding hydrogens is 388 g/mol. The van der Waals surface area contributed by atoms with Crippen LogP contribution < -0.4 is 10.6 Å². The molecule has 1 saturated carbocycles. The van der Waals surface area contributed by atoms with E-state index in [0.29, 0.717) is 22.0 Å². The standard InChI is InChI=1S/C22H24N2O4S/c1-13-6-9-18-14(10-13)11-19(29-18)22(27)28-12-20(25)24-17-5-3-2-4-16(17)21(26)23-15-7-8-15/h2-5,11,13,15H,6-10,12H2,1H3,(H,23,26)(H,24,25). The molecule has 0 saturated heterocycles. The highest BCUT2D eigenvalue weighted by Crippen LogP contribution is 2.32. The van der Waals surface area contributed by atoms with Gasteiger partial charge in [-0.1, -0.05) is 19.1 Å². The molecule has 0 radical (unpaired) electrons. The number of carbonyl (C=O) groups is 3. The van der Waals surface area contributed by atoms with Crippen LogP contribution in [0.3, 0.4) is 0 Å². The maximum Gasteiger partial charge on any atom is 0.348 e. The van der Waals surface area contributed by atoms with Crippen LogP contribution in [-0.4, -0.2) is 30.4 Å². The van der Waals surface area contributed by atoms with Gasteiger partial charge in [-0.2, -0.15) is 0 Å². The molecule has 2 aliphatic rings. The topological polar surface area (TPSA) is 84.5 Å². The van der Waals surface area contributed by atoms with Crippen molar-refractivity contribution in [2.24, 2.45) is 5.92 Å². The summed E-state index contributed by atoms with van der Waals surface area (Å²) in [6.07, 6.45) is 5.09. The van der Waals surface area contributed by atoms with Crippen molar-refractivity contribution in [3.05, 3.63) is 51.2 Å². The minimum atomic E-state index is -0.480. The fourth-order valence-corrected chi connectivity index (χ4v) is 4.58. The lowest BCUT2D eigenvalue weighted by Crippen LogP contribution is -2.27. The maximum absolute atomic E-state index is 12.3. The first-order valence-electron chi connectivity index (χ1n) is 9.98. The molecule has 0 bridgehead atoms. The molecular formula is C22H24N2O4S. The number of hydrogen-bond donors (Lipinski definition) is 2. The second-order valence-electron chi connectivity index (χ2n) is 7.82. The summed E-state index contributed by atoms with van der Waals surface area (Å²) in [4.78, 5) is 38.7. The van der Waals surface area contributed by atoms with Crippen LogP contribution in [0.25, 0.3) is 0 Å². The third-order valence-corrected chi connectivity index (χ3v) is 6.44. The maximum atomic E-state index is 12.3. The van der Waals surface area contributed by atoms with Gasteiger partial charge in [0, 0.05) is 10.9 Å². The highest BCUT2D eigenvalue weighted by atomic mass is 32.1. The zero-order valence-electron chi connectivity index (χ0n) is 16.3. The molecule has 6 nitrogen and oxygen atoms in total. The van der Waals surface area contributed by atoms with Gasteiger partial charge in [0.15, 0.2) is 6.61 Å². The number of thiophene rings is 1. The van der Waals surface area contributed by atoms with Crippen molar-refractivity contribution in [1.82, 2.24) is 5.32 Å². The number of benzene rings is 1. The SMILES string of the molecule is CC1CCc2sc(C(=O)OCC(=O)Nc3ccccc3C(=O)NC3CC3)cc2C1. The zero-order chi connectivity index (χ0) is 20.4. The van der Waals surface area contributed by atoms with Gasteiger partial charge >= 0.3 is 5.97 Å². The van der Waals surface area contributed by atoms with E-state index in [2.05, 4.69) is 17.6 Å². The van der Waals surface area contributed by atoms with E-state index in [1.54, 1.807) is 24.3 Å². The Bertz CT molecular complexity index is 948. The van der Waals surface area contributed by atoms with E-state index in [1.807, 2.05) is 6.07 Å². The van der Waals surface area contributed by atoms with Crippen LogP contribution >= 0.6 is 11.3 Å². The largest absolute Gasteiger partial charge is 0.451 e. The molecule has 1 aromatic carbocycles. The third kappa shape index (κ3) is 4.85. The van der Waals surface area contributed by atoms with Crippen LogP contribution in [-0.2, 0) is 22.4 Å². The predicted octanol–water partition coefficient (Wildman–Crippen LogP) is 3.56. The van der Waals surface area contributed by atoms with Gasteiger partial charge in [0.1, 0.15) is 4.88 Å². The molecule has 1 heterocycles. The van der Waals surface area contributed by atoms with Gasteiger partial charge in [0.25, 0.3) is 11.8 Å². The first-order chi connectivity index (χ1) is 14.0. The Hall–Kier alpha value is -2.67. The Morgan fingerprint density at radius 3 is 2.76 bits per heavy atom. The monoisotopic (exact) mass is 412 g/mol. The van der Waals surface area contributed by atoms with Gasteiger partial charge in [0.2, 0.25) is 0 Å². The van der Waals surface area contributed by atoms with E-state index in [1.165, 1.54) is 21.8 Å². The number of para-hydroxylation sites is 1. The van der Waals surface area contributed by atoms with Crippen LogP contribution in [0, 0.1) is 5.92 Å². The van der Waals surface area contributed by atoms with Crippen molar-refractivity contribution >= 4 is 34.8 Å². The van der Waals surface area contributed by atoms with E-state index in [0.717, 1.165) is 32.1 Å². The number of ether oxygens (including phenoxy) is 1. The van der Waals surface area contributed by atoms with Crippen LogP contribution in [0.2, 0.25) is 0 Å². The molecule has 2 amide bonds. The lowest BCUT2D eigenvalue weighted by molar-refractivity contribution is -0.119. The summed E-state index contributed by atoms with van der Waals surface area (Å²) in [7, 11) is 0. The minimum Gasteiger partial charge on any atom is -0.451 e. The van der Waals surface area contributed by atoms with E-state index in [-0.39, 0.29) is 11.9 Å². The summed E-state index contributed by atoms with van der Waals surface area (Å²) in [5, 5.41) is 5.58. The molecule has 7 heteroatoms. The molecule has 0 spiro atoms. The number of anilines is 1. The van der Waals surface area contributed by atoms with Gasteiger partial charge in [-0.25, -0.2) is 4.79 Å². The Labute approximate surface area is 173 Å². The number of aryl methyl sites for hydroxylation is 1. The molecule has 2 N–H and O–H groups in total. The van der Waals surface area contributed by atoms with Crippen molar-refractivity contribution in [3.8, 4) is 0 Å². The molecule has 29 heavy (non-hydrogen) atoms. The van der Waals surface area contributed by atoms with Gasteiger partial charge in [-0.3, -0.25) is 9.59 Å². The molecule has 0 aliphatic heterocycles. The van der Waals surface area contributed by atoms with Gasteiger partial charge in [-0.15, -0.1) is 11.3 Å². The average molecular weight is 413 g/mol. The van der Waals surface area contributed by atoms with Crippen molar-refractivity contribution in [3.63, 3.8) is 0 Å². The third-order valence-electron chi connectivity index (χ3n) is 5.22.